The van der Waals surface area contributed by atoms with Gasteiger partial charge in [-0.25, -0.2) is 9.97 Å². The largest absolute Gasteiger partial charge is 0.443 e. The van der Waals surface area contributed by atoms with E-state index in [1.165, 1.54) is 11.3 Å². The van der Waals surface area contributed by atoms with Crippen molar-refractivity contribution in [3.05, 3.63) is 78.4 Å². The Morgan fingerprint density at radius 3 is 2.32 bits per heavy atom. The number of oxazole rings is 1. The number of piperazine rings is 1. The number of aliphatic hydroxyl groups excluding tert-OH is 1. The smallest absolute Gasteiger partial charge is 0.246 e. The lowest BCUT2D eigenvalue weighted by molar-refractivity contribution is -0.144. The third-order valence-electron chi connectivity index (χ3n) is 11.4. The van der Waals surface area contributed by atoms with Gasteiger partial charge < -0.3 is 44.2 Å². The van der Waals surface area contributed by atoms with Crippen LogP contribution in [0.15, 0.2) is 71.6 Å². The van der Waals surface area contributed by atoms with Crippen LogP contribution in [0.3, 0.4) is 0 Å². The molecular weight excluding hydrogens is 795 g/mol. The number of imidazole rings is 1. The third-order valence-corrected chi connectivity index (χ3v) is 11.4. The predicted molar refractivity (Wildman–Crippen MR) is 232 cm³/mol. The van der Waals surface area contributed by atoms with E-state index in [9.17, 15) is 19.5 Å². The molecule has 5 aromatic rings. The number of amides is 3. The molecule has 17 nitrogen and oxygen atoms in total. The maximum atomic E-state index is 14.0. The maximum Gasteiger partial charge on any atom is 0.246 e. The molecule has 3 aromatic heterocycles. The van der Waals surface area contributed by atoms with Crippen molar-refractivity contribution in [2.24, 2.45) is 5.41 Å². The summed E-state index contributed by atoms with van der Waals surface area (Å²) in [6.07, 6.45) is 2.66. The fourth-order valence-corrected chi connectivity index (χ4v) is 7.93. The number of benzene rings is 2. The highest BCUT2D eigenvalue weighted by atomic mass is 16.5. The molecule has 2 aromatic carbocycles. The molecule has 1 unspecified atom stereocenters. The summed E-state index contributed by atoms with van der Waals surface area (Å²) >= 11 is 0. The number of aliphatic hydroxyl groups is 1. The van der Waals surface area contributed by atoms with Crippen LogP contribution >= 0.6 is 0 Å². The van der Waals surface area contributed by atoms with Crippen LogP contribution in [0.2, 0.25) is 0 Å². The van der Waals surface area contributed by atoms with Crippen LogP contribution in [0.5, 0.6) is 0 Å². The van der Waals surface area contributed by atoms with Gasteiger partial charge in [-0.1, -0.05) is 57.2 Å². The van der Waals surface area contributed by atoms with Gasteiger partial charge in [-0.05, 0) is 43.0 Å². The highest BCUT2D eigenvalue weighted by Crippen LogP contribution is 2.28. The zero-order valence-electron chi connectivity index (χ0n) is 36.3. The van der Waals surface area contributed by atoms with Gasteiger partial charge >= 0.3 is 0 Å². The lowest BCUT2D eigenvalue weighted by Gasteiger charge is -2.35. The van der Waals surface area contributed by atoms with Crippen molar-refractivity contribution < 1.29 is 38.1 Å². The summed E-state index contributed by atoms with van der Waals surface area (Å²) in [7, 11) is 0. The lowest BCUT2D eigenvalue weighted by atomic mass is 9.85. The van der Waals surface area contributed by atoms with Gasteiger partial charge in [0.05, 0.1) is 61.9 Å². The van der Waals surface area contributed by atoms with Crippen molar-refractivity contribution in [2.75, 3.05) is 83.8 Å². The van der Waals surface area contributed by atoms with Crippen molar-refractivity contribution >= 4 is 40.4 Å². The standard InChI is InChI=1S/C45H59N9O8/c1-30(32-10-12-33(13-11-32)40-31(2)46-29-62-40)47-42(57)37-26-34(55)27-54(37)43(58)41(45(3,4)5)50-39(56)28-61-25-24-60-23-22-59-21-20-51-16-18-52(19-17-51)38-14-15-53-36-9-7-6-8-35(36)48-44(53)49-38/h6-15,29-30,34,37,41,55H,16-28H2,1-5H3,(H,47,57)(H,50,56)/t30-,34+,37-,41?/m0/s1. The number of para-hydroxylation sites is 2. The molecule has 332 valence electrons. The van der Waals surface area contributed by atoms with Gasteiger partial charge in [-0.15, -0.1) is 0 Å². The minimum Gasteiger partial charge on any atom is -0.443 e. The quantitative estimate of drug-likeness (QED) is 0.109. The first-order valence-corrected chi connectivity index (χ1v) is 21.4. The van der Waals surface area contributed by atoms with Crippen molar-refractivity contribution in [2.45, 2.75) is 65.3 Å². The second-order valence-electron chi connectivity index (χ2n) is 17.0. The van der Waals surface area contributed by atoms with Crippen LogP contribution in [0.1, 0.15) is 51.4 Å². The summed E-state index contributed by atoms with van der Waals surface area (Å²) in [4.78, 5) is 60.3. The number of fused-ring (bicyclic) bond motifs is 3. The zero-order valence-corrected chi connectivity index (χ0v) is 36.3. The number of carbonyl (C=O) groups is 3. The third kappa shape index (κ3) is 10.9. The molecule has 17 heteroatoms. The van der Waals surface area contributed by atoms with E-state index in [2.05, 4.69) is 42.5 Å². The van der Waals surface area contributed by atoms with E-state index in [0.717, 1.165) is 66.4 Å². The van der Waals surface area contributed by atoms with Crippen molar-refractivity contribution in [1.29, 1.82) is 0 Å². The Morgan fingerprint density at radius 1 is 0.903 bits per heavy atom. The van der Waals surface area contributed by atoms with E-state index >= 15 is 0 Å². The number of rotatable bonds is 18. The van der Waals surface area contributed by atoms with E-state index in [1.807, 2.05) is 87.7 Å². The van der Waals surface area contributed by atoms with Crippen molar-refractivity contribution in [1.82, 2.24) is 39.8 Å². The molecule has 0 spiro atoms. The van der Waals surface area contributed by atoms with Crippen LogP contribution in [-0.2, 0) is 28.6 Å². The van der Waals surface area contributed by atoms with Crippen LogP contribution < -0.4 is 15.5 Å². The van der Waals surface area contributed by atoms with Crippen LogP contribution in [0.4, 0.5) is 5.82 Å². The molecule has 0 radical (unpaired) electrons. The van der Waals surface area contributed by atoms with Gasteiger partial charge in [0, 0.05) is 57.4 Å². The summed E-state index contributed by atoms with van der Waals surface area (Å²) < 4.78 is 24.5. The molecule has 0 saturated carbocycles. The van der Waals surface area contributed by atoms with E-state index < -0.39 is 35.4 Å². The van der Waals surface area contributed by atoms with E-state index in [0.29, 0.717) is 31.4 Å². The molecule has 62 heavy (non-hydrogen) atoms. The molecule has 2 fully saturated rings. The predicted octanol–water partition coefficient (Wildman–Crippen LogP) is 3.39. The van der Waals surface area contributed by atoms with Gasteiger partial charge in [0.25, 0.3) is 0 Å². The molecule has 2 saturated heterocycles. The monoisotopic (exact) mass is 853 g/mol. The molecule has 7 rings (SSSR count). The highest BCUT2D eigenvalue weighted by molar-refractivity contribution is 5.93. The first-order chi connectivity index (χ1) is 29.9. The lowest BCUT2D eigenvalue weighted by Crippen LogP contribution is -2.58. The first-order valence-electron chi connectivity index (χ1n) is 21.4. The summed E-state index contributed by atoms with van der Waals surface area (Å²) in [5, 5.41) is 16.4. The average Bonchev–Trinajstić information content (AvgIpc) is 3.99. The Morgan fingerprint density at radius 2 is 1.61 bits per heavy atom. The number of likely N-dealkylation sites (tertiary alicyclic amines) is 1. The second kappa shape index (κ2) is 20.2. The number of carbonyl (C=O) groups excluding carboxylic acids is 3. The molecule has 4 atom stereocenters. The first kappa shape index (κ1) is 44.6. The van der Waals surface area contributed by atoms with Crippen molar-refractivity contribution in [3.63, 3.8) is 0 Å². The maximum absolute atomic E-state index is 14.0. The number of hydrogen-bond donors (Lipinski definition) is 3. The van der Waals surface area contributed by atoms with E-state index in [-0.39, 0.29) is 44.7 Å². The number of aryl methyl sites for hydroxylation is 1. The summed E-state index contributed by atoms with van der Waals surface area (Å²) in [5.41, 5.74) is 3.81. The topological polar surface area (TPSA) is 189 Å². The summed E-state index contributed by atoms with van der Waals surface area (Å²) in [6.45, 7) is 15.3. The van der Waals surface area contributed by atoms with Gasteiger partial charge in [-0.3, -0.25) is 23.7 Å². The fraction of sp³-hybridized carbons (Fsp3) is 0.511. The van der Waals surface area contributed by atoms with E-state index in [1.54, 1.807) is 0 Å². The SMILES string of the molecule is Cc1ncoc1-c1ccc([C@H](C)NC(=O)[C@@H]2C[C@@H](O)CN2C(=O)C(NC(=O)COCCOCCOCCN2CCN(c3ccn4c(n3)nc3ccccc34)CC2)C(C)(C)C)cc1. The number of anilines is 1. The Bertz CT molecular complexity index is 2280. The minimum absolute atomic E-state index is 0.0190. The molecule has 3 N–H and O–H groups in total. The van der Waals surface area contributed by atoms with Crippen LogP contribution in [-0.4, -0.2) is 149 Å². The number of β-amino-alcohol motifs (C(OH)–C–C–N with tert-alkyl or cyclic N) is 1. The number of nitrogens with zero attached hydrogens (tertiary/aromatic N) is 7. The number of hydrogen-bond acceptors (Lipinski definition) is 13. The average molecular weight is 854 g/mol. The molecule has 0 aliphatic carbocycles. The molecule has 2 aliphatic rings. The molecule has 2 aliphatic heterocycles. The molecule has 0 bridgehead atoms. The second-order valence-corrected chi connectivity index (χ2v) is 17.0. The molecule has 3 amide bonds. The van der Waals surface area contributed by atoms with Gasteiger partial charge in [0.15, 0.2) is 12.2 Å². The molecule has 5 heterocycles. The Hall–Kier alpha value is -5.46. The van der Waals surface area contributed by atoms with E-state index in [4.69, 9.17) is 23.6 Å². The molecular formula is C45H59N9O8. The summed E-state index contributed by atoms with van der Waals surface area (Å²) in [5.74, 6) is 1.04. The van der Waals surface area contributed by atoms with Crippen molar-refractivity contribution in [3.8, 4) is 11.3 Å². The summed E-state index contributed by atoms with van der Waals surface area (Å²) in [6, 6.07) is 15.5. The number of aromatic nitrogens is 4. The normalized spacial score (nSPS) is 18.4. The Kier molecular flexibility index (Phi) is 14.5. The Labute approximate surface area is 361 Å². The van der Waals surface area contributed by atoms with Gasteiger partial charge in [0.1, 0.15) is 24.5 Å². The zero-order chi connectivity index (χ0) is 43.8. The Balaban J connectivity index is 0.765. The fourth-order valence-electron chi connectivity index (χ4n) is 7.93. The van der Waals surface area contributed by atoms with Crippen LogP contribution in [0, 0.1) is 12.3 Å². The minimum atomic E-state index is -0.961. The van der Waals surface area contributed by atoms with Crippen LogP contribution in [0.25, 0.3) is 28.1 Å². The number of ether oxygens (including phenoxy) is 3. The van der Waals surface area contributed by atoms with Gasteiger partial charge in [-0.2, -0.15) is 4.98 Å². The van der Waals surface area contributed by atoms with Gasteiger partial charge in [0.2, 0.25) is 23.5 Å². The highest BCUT2D eigenvalue weighted by Gasteiger charge is 2.44. The number of nitrogens with one attached hydrogen (secondary N) is 2.